The molecule has 0 fully saturated rings. The summed E-state index contributed by atoms with van der Waals surface area (Å²) in [5.74, 6) is 0.980. The van der Waals surface area contributed by atoms with Gasteiger partial charge in [-0.2, -0.15) is 4.72 Å². The maximum absolute atomic E-state index is 12.5. The van der Waals surface area contributed by atoms with E-state index >= 15 is 0 Å². The van der Waals surface area contributed by atoms with Gasteiger partial charge in [0.2, 0.25) is 15.9 Å². The SMILES string of the molecule is CCOc1ccc(S(=O)(=O)N[C@H](C)C(=O)Nc2cc(OC)ccc2OC)cc1. The first kappa shape index (κ1) is 21.5. The largest absolute Gasteiger partial charge is 0.497 e. The lowest BCUT2D eigenvalue weighted by Gasteiger charge is -2.16. The van der Waals surface area contributed by atoms with E-state index < -0.39 is 22.0 Å². The minimum atomic E-state index is -3.88. The molecule has 0 aliphatic rings. The molecule has 0 aliphatic carbocycles. The molecule has 0 saturated heterocycles. The van der Waals surface area contributed by atoms with Crippen LogP contribution in [0.15, 0.2) is 47.4 Å². The number of nitrogens with one attached hydrogen (secondary N) is 2. The van der Waals surface area contributed by atoms with Gasteiger partial charge in [-0.25, -0.2) is 8.42 Å². The number of carbonyl (C=O) groups excluding carboxylic acids is 1. The van der Waals surface area contributed by atoms with E-state index in [0.29, 0.717) is 29.5 Å². The van der Waals surface area contributed by atoms with Gasteiger partial charge < -0.3 is 19.5 Å². The van der Waals surface area contributed by atoms with Gasteiger partial charge in [0, 0.05) is 6.07 Å². The normalized spacial score (nSPS) is 12.1. The number of methoxy groups -OCH3 is 2. The zero-order chi connectivity index (χ0) is 20.7. The van der Waals surface area contributed by atoms with Crippen LogP contribution in [0.2, 0.25) is 0 Å². The van der Waals surface area contributed by atoms with Crippen LogP contribution in [0.3, 0.4) is 0 Å². The van der Waals surface area contributed by atoms with Gasteiger partial charge in [-0.05, 0) is 50.2 Å². The van der Waals surface area contributed by atoms with E-state index in [9.17, 15) is 13.2 Å². The summed E-state index contributed by atoms with van der Waals surface area (Å²) in [6.45, 7) is 3.77. The molecule has 1 amide bonds. The average Bonchev–Trinajstić information content (AvgIpc) is 2.68. The van der Waals surface area contributed by atoms with Crippen LogP contribution in [0.1, 0.15) is 13.8 Å². The van der Waals surface area contributed by atoms with Crippen LogP contribution in [0.5, 0.6) is 17.2 Å². The first-order chi connectivity index (χ1) is 13.3. The number of sulfonamides is 1. The van der Waals surface area contributed by atoms with Crippen LogP contribution in [-0.4, -0.2) is 41.2 Å². The predicted octanol–water partition coefficient (Wildman–Crippen LogP) is 2.41. The van der Waals surface area contributed by atoms with E-state index in [1.807, 2.05) is 6.92 Å². The highest BCUT2D eigenvalue weighted by atomic mass is 32.2. The molecule has 0 aliphatic heterocycles. The molecule has 152 valence electrons. The zero-order valence-corrected chi connectivity index (χ0v) is 17.0. The predicted molar refractivity (Wildman–Crippen MR) is 106 cm³/mol. The summed E-state index contributed by atoms with van der Waals surface area (Å²) in [7, 11) is -0.911. The summed E-state index contributed by atoms with van der Waals surface area (Å²) in [6, 6.07) is 9.85. The Hall–Kier alpha value is -2.78. The molecule has 1 atom stereocenters. The van der Waals surface area contributed by atoms with Gasteiger partial charge in [0.05, 0.1) is 37.5 Å². The molecule has 8 nitrogen and oxygen atoms in total. The lowest BCUT2D eigenvalue weighted by Crippen LogP contribution is -2.41. The van der Waals surface area contributed by atoms with E-state index in [4.69, 9.17) is 14.2 Å². The summed E-state index contributed by atoms with van der Waals surface area (Å²) >= 11 is 0. The Morgan fingerprint density at radius 1 is 1.04 bits per heavy atom. The van der Waals surface area contributed by atoms with E-state index in [0.717, 1.165) is 0 Å². The minimum absolute atomic E-state index is 0.0366. The molecule has 9 heteroatoms. The Labute approximate surface area is 164 Å². The van der Waals surface area contributed by atoms with Crippen molar-refractivity contribution in [2.75, 3.05) is 26.1 Å². The third-order valence-corrected chi connectivity index (χ3v) is 5.39. The lowest BCUT2D eigenvalue weighted by atomic mass is 10.2. The fraction of sp³-hybridized carbons (Fsp3) is 0.316. The molecule has 0 bridgehead atoms. The number of benzene rings is 2. The number of hydrogen-bond donors (Lipinski definition) is 2. The van der Waals surface area contributed by atoms with Gasteiger partial charge in [0.25, 0.3) is 0 Å². The van der Waals surface area contributed by atoms with Gasteiger partial charge in [-0.3, -0.25) is 4.79 Å². The first-order valence-corrected chi connectivity index (χ1v) is 10.1. The summed E-state index contributed by atoms with van der Waals surface area (Å²) in [6.07, 6.45) is 0. The molecule has 2 N–H and O–H groups in total. The Morgan fingerprint density at radius 2 is 1.68 bits per heavy atom. The molecular formula is C19H24N2O6S. The van der Waals surface area contributed by atoms with Crippen molar-refractivity contribution in [1.82, 2.24) is 4.72 Å². The Kier molecular flexibility index (Phi) is 7.24. The van der Waals surface area contributed by atoms with Crippen molar-refractivity contribution < 1.29 is 27.4 Å². The van der Waals surface area contributed by atoms with Crippen molar-refractivity contribution in [3.05, 3.63) is 42.5 Å². The summed E-state index contributed by atoms with van der Waals surface area (Å²) in [5, 5.41) is 2.64. The number of ether oxygens (including phenoxy) is 3. The molecule has 2 aromatic carbocycles. The van der Waals surface area contributed by atoms with Crippen LogP contribution in [0, 0.1) is 0 Å². The molecule has 0 aromatic heterocycles. The summed E-state index contributed by atoms with van der Waals surface area (Å²) in [4.78, 5) is 12.5. The van der Waals surface area contributed by atoms with Gasteiger partial charge in [-0.15, -0.1) is 0 Å². The third kappa shape index (κ3) is 5.37. The number of hydrogen-bond acceptors (Lipinski definition) is 6. The topological polar surface area (TPSA) is 103 Å². The molecular weight excluding hydrogens is 384 g/mol. The second-order valence-electron chi connectivity index (χ2n) is 5.80. The minimum Gasteiger partial charge on any atom is -0.497 e. The van der Waals surface area contributed by atoms with Crippen molar-refractivity contribution in [2.45, 2.75) is 24.8 Å². The number of carbonyl (C=O) groups is 1. The molecule has 0 unspecified atom stereocenters. The first-order valence-electron chi connectivity index (χ1n) is 8.58. The molecule has 0 spiro atoms. The van der Waals surface area contributed by atoms with E-state index in [-0.39, 0.29) is 4.90 Å². The van der Waals surface area contributed by atoms with Crippen molar-refractivity contribution in [2.24, 2.45) is 0 Å². The van der Waals surface area contributed by atoms with Crippen LogP contribution in [0.4, 0.5) is 5.69 Å². The Balaban J connectivity index is 2.11. The van der Waals surface area contributed by atoms with E-state index in [2.05, 4.69) is 10.0 Å². The highest BCUT2D eigenvalue weighted by Crippen LogP contribution is 2.29. The van der Waals surface area contributed by atoms with Crippen LogP contribution in [-0.2, 0) is 14.8 Å². The van der Waals surface area contributed by atoms with Gasteiger partial charge in [0.15, 0.2) is 0 Å². The molecule has 28 heavy (non-hydrogen) atoms. The van der Waals surface area contributed by atoms with Crippen molar-refractivity contribution >= 4 is 21.6 Å². The van der Waals surface area contributed by atoms with E-state index in [1.165, 1.54) is 33.3 Å². The van der Waals surface area contributed by atoms with E-state index in [1.54, 1.807) is 30.3 Å². The lowest BCUT2D eigenvalue weighted by molar-refractivity contribution is -0.117. The number of anilines is 1. The number of amides is 1. The molecule has 0 saturated carbocycles. The highest BCUT2D eigenvalue weighted by Gasteiger charge is 2.23. The molecule has 2 rings (SSSR count). The summed E-state index contributed by atoms with van der Waals surface area (Å²) < 4.78 is 43.0. The highest BCUT2D eigenvalue weighted by molar-refractivity contribution is 7.89. The molecule has 0 heterocycles. The van der Waals surface area contributed by atoms with Crippen molar-refractivity contribution in [3.63, 3.8) is 0 Å². The fourth-order valence-corrected chi connectivity index (χ4v) is 3.59. The second-order valence-corrected chi connectivity index (χ2v) is 7.52. The molecule has 0 radical (unpaired) electrons. The quantitative estimate of drug-likeness (QED) is 0.661. The van der Waals surface area contributed by atoms with Gasteiger partial charge >= 0.3 is 0 Å². The second kappa shape index (κ2) is 9.43. The van der Waals surface area contributed by atoms with Crippen LogP contribution < -0.4 is 24.2 Å². The average molecular weight is 408 g/mol. The third-order valence-electron chi connectivity index (χ3n) is 3.83. The monoisotopic (exact) mass is 408 g/mol. The van der Waals surface area contributed by atoms with Gasteiger partial charge in [-0.1, -0.05) is 0 Å². The van der Waals surface area contributed by atoms with Crippen LogP contribution in [0.25, 0.3) is 0 Å². The smallest absolute Gasteiger partial charge is 0.242 e. The number of rotatable bonds is 9. The maximum Gasteiger partial charge on any atom is 0.242 e. The standard InChI is InChI=1S/C19H24N2O6S/c1-5-27-14-6-9-16(10-7-14)28(23,24)21-13(2)19(22)20-17-12-15(25-3)8-11-18(17)26-4/h6-13,21H,5H2,1-4H3,(H,20,22)/t13-/m1/s1. The van der Waals surface area contributed by atoms with Crippen molar-refractivity contribution in [1.29, 1.82) is 0 Å². The van der Waals surface area contributed by atoms with Crippen LogP contribution >= 0.6 is 0 Å². The Bertz CT molecular complexity index is 913. The fourth-order valence-electron chi connectivity index (χ4n) is 2.39. The molecule has 2 aromatic rings. The summed E-state index contributed by atoms with van der Waals surface area (Å²) in [5.41, 5.74) is 0.374. The van der Waals surface area contributed by atoms with Crippen molar-refractivity contribution in [3.8, 4) is 17.2 Å². The Morgan fingerprint density at radius 3 is 2.25 bits per heavy atom. The maximum atomic E-state index is 12.5. The van der Waals surface area contributed by atoms with Gasteiger partial charge in [0.1, 0.15) is 17.2 Å². The zero-order valence-electron chi connectivity index (χ0n) is 16.2.